The molecule has 1 aromatic carbocycles. The lowest BCUT2D eigenvalue weighted by atomic mass is 10.3. The van der Waals surface area contributed by atoms with Crippen molar-refractivity contribution >= 4 is 29.3 Å². The molecule has 0 atom stereocenters. The molecule has 1 N–H and O–H groups in total. The van der Waals surface area contributed by atoms with Gasteiger partial charge in [-0.3, -0.25) is 4.98 Å². The van der Waals surface area contributed by atoms with E-state index in [0.29, 0.717) is 6.04 Å². The molecule has 78 valence electrons. The Labute approximate surface area is 94.3 Å². The quantitative estimate of drug-likeness (QED) is 0.847. The highest BCUT2D eigenvalue weighted by molar-refractivity contribution is 5.85. The van der Waals surface area contributed by atoms with E-state index in [1.807, 2.05) is 24.3 Å². The van der Waals surface area contributed by atoms with E-state index in [1.54, 1.807) is 6.20 Å². The van der Waals surface area contributed by atoms with Gasteiger partial charge in [-0.1, -0.05) is 12.1 Å². The van der Waals surface area contributed by atoms with Crippen LogP contribution in [0.5, 0.6) is 0 Å². The van der Waals surface area contributed by atoms with Crippen molar-refractivity contribution in [2.75, 3.05) is 5.32 Å². The molecule has 0 unspecified atom stereocenters. The Morgan fingerprint density at radius 2 is 1.87 bits per heavy atom. The largest absolute Gasteiger partial charge is 0.366 e. The van der Waals surface area contributed by atoms with Crippen LogP contribution in [0, 0.1) is 0 Å². The third-order valence-corrected chi connectivity index (χ3v) is 2.38. The minimum absolute atomic E-state index is 0. The molecule has 1 aromatic heterocycles. The molecule has 3 nitrogen and oxygen atoms in total. The van der Waals surface area contributed by atoms with Gasteiger partial charge in [0.25, 0.3) is 0 Å². The van der Waals surface area contributed by atoms with Gasteiger partial charge >= 0.3 is 0 Å². The molecule has 1 aliphatic carbocycles. The van der Waals surface area contributed by atoms with Crippen LogP contribution >= 0.6 is 12.4 Å². The van der Waals surface area contributed by atoms with Crippen LogP contribution in [-0.4, -0.2) is 16.0 Å². The second kappa shape index (κ2) is 4.03. The van der Waals surface area contributed by atoms with Crippen molar-refractivity contribution in [1.82, 2.24) is 9.97 Å². The lowest BCUT2D eigenvalue weighted by Crippen LogP contribution is -2.03. The smallest absolute Gasteiger partial charge is 0.145 e. The zero-order valence-corrected chi connectivity index (χ0v) is 9.00. The van der Waals surface area contributed by atoms with Gasteiger partial charge < -0.3 is 5.32 Å². The van der Waals surface area contributed by atoms with E-state index in [0.717, 1.165) is 16.9 Å². The SMILES string of the molecule is Cl.c1ccc2nc(NC3CC3)cnc2c1. The Hall–Kier alpha value is -1.35. The molecule has 1 heterocycles. The maximum Gasteiger partial charge on any atom is 0.145 e. The third kappa shape index (κ3) is 2.18. The summed E-state index contributed by atoms with van der Waals surface area (Å²) in [6.45, 7) is 0. The van der Waals surface area contributed by atoms with Crippen molar-refractivity contribution in [3.8, 4) is 0 Å². The van der Waals surface area contributed by atoms with Gasteiger partial charge in [0, 0.05) is 6.04 Å². The predicted octanol–water partition coefficient (Wildman–Crippen LogP) is 2.63. The Kier molecular flexibility index (Phi) is 2.73. The van der Waals surface area contributed by atoms with Gasteiger partial charge in [0.15, 0.2) is 0 Å². The van der Waals surface area contributed by atoms with Gasteiger partial charge in [-0.05, 0) is 25.0 Å². The summed E-state index contributed by atoms with van der Waals surface area (Å²) in [5, 5.41) is 3.33. The van der Waals surface area contributed by atoms with Crippen LogP contribution in [0.1, 0.15) is 12.8 Å². The van der Waals surface area contributed by atoms with Gasteiger partial charge in [0.1, 0.15) is 5.82 Å². The van der Waals surface area contributed by atoms with Crippen molar-refractivity contribution in [2.45, 2.75) is 18.9 Å². The summed E-state index contributed by atoms with van der Waals surface area (Å²) in [7, 11) is 0. The molecule has 0 aliphatic heterocycles. The predicted molar refractivity (Wildman–Crippen MR) is 63.4 cm³/mol. The average molecular weight is 222 g/mol. The number of hydrogen-bond donors (Lipinski definition) is 1. The Morgan fingerprint density at radius 1 is 1.13 bits per heavy atom. The third-order valence-electron chi connectivity index (χ3n) is 2.38. The molecule has 0 amide bonds. The van der Waals surface area contributed by atoms with Crippen molar-refractivity contribution < 1.29 is 0 Å². The first kappa shape index (κ1) is 10.2. The lowest BCUT2D eigenvalue weighted by Gasteiger charge is -2.03. The number of para-hydroxylation sites is 2. The maximum absolute atomic E-state index is 4.48. The molecule has 0 saturated heterocycles. The number of fused-ring (bicyclic) bond motifs is 1. The molecule has 0 spiro atoms. The molecular weight excluding hydrogens is 210 g/mol. The van der Waals surface area contributed by atoms with E-state index in [-0.39, 0.29) is 12.4 Å². The van der Waals surface area contributed by atoms with Gasteiger partial charge in [-0.15, -0.1) is 12.4 Å². The Morgan fingerprint density at radius 3 is 2.60 bits per heavy atom. The fourth-order valence-electron chi connectivity index (χ4n) is 1.46. The first-order valence-corrected chi connectivity index (χ1v) is 4.90. The Balaban J connectivity index is 0.000000853. The molecule has 2 aromatic rings. The highest BCUT2D eigenvalue weighted by atomic mass is 35.5. The van der Waals surface area contributed by atoms with Gasteiger partial charge in [-0.2, -0.15) is 0 Å². The van der Waals surface area contributed by atoms with Crippen molar-refractivity contribution in [1.29, 1.82) is 0 Å². The van der Waals surface area contributed by atoms with E-state index < -0.39 is 0 Å². The molecule has 0 bridgehead atoms. The van der Waals surface area contributed by atoms with Crippen LogP contribution in [0.4, 0.5) is 5.82 Å². The fourth-order valence-corrected chi connectivity index (χ4v) is 1.46. The summed E-state index contributed by atoms with van der Waals surface area (Å²) in [5.74, 6) is 0.895. The van der Waals surface area contributed by atoms with Crippen molar-refractivity contribution in [2.24, 2.45) is 0 Å². The van der Waals surface area contributed by atoms with Gasteiger partial charge in [-0.25, -0.2) is 4.98 Å². The number of nitrogens with zero attached hydrogens (tertiary/aromatic N) is 2. The van der Waals surface area contributed by atoms with E-state index in [2.05, 4.69) is 15.3 Å². The zero-order chi connectivity index (χ0) is 9.38. The highest BCUT2D eigenvalue weighted by Gasteiger charge is 2.21. The van der Waals surface area contributed by atoms with Crippen molar-refractivity contribution in [3.05, 3.63) is 30.5 Å². The molecule has 1 fully saturated rings. The molecular formula is C11H12ClN3. The molecule has 15 heavy (non-hydrogen) atoms. The van der Waals surface area contributed by atoms with E-state index in [9.17, 15) is 0 Å². The zero-order valence-electron chi connectivity index (χ0n) is 8.18. The van der Waals surface area contributed by atoms with Crippen molar-refractivity contribution in [3.63, 3.8) is 0 Å². The molecule has 4 heteroatoms. The molecule has 1 aliphatic rings. The molecule has 3 rings (SSSR count). The van der Waals surface area contributed by atoms with Gasteiger partial charge in [0.2, 0.25) is 0 Å². The molecule has 1 saturated carbocycles. The van der Waals surface area contributed by atoms with Crippen LogP contribution in [0.25, 0.3) is 11.0 Å². The standard InChI is InChI=1S/C11H11N3.ClH/c1-2-4-10-9(3-1)12-7-11(14-10)13-8-5-6-8;/h1-4,7-8H,5-6H2,(H,13,14);1H. The van der Waals surface area contributed by atoms with Crippen LogP contribution in [0.3, 0.4) is 0 Å². The van der Waals surface area contributed by atoms with Gasteiger partial charge in [0.05, 0.1) is 17.2 Å². The fraction of sp³-hybridized carbons (Fsp3) is 0.273. The maximum atomic E-state index is 4.48. The van der Waals surface area contributed by atoms with Crippen LogP contribution in [0.15, 0.2) is 30.5 Å². The summed E-state index contributed by atoms with van der Waals surface area (Å²) in [6, 6.07) is 8.55. The second-order valence-corrected chi connectivity index (χ2v) is 3.66. The first-order chi connectivity index (χ1) is 6.92. The number of anilines is 1. The summed E-state index contributed by atoms with van der Waals surface area (Å²) in [6.07, 6.45) is 4.32. The normalized spacial score (nSPS) is 14.7. The number of hydrogen-bond acceptors (Lipinski definition) is 3. The lowest BCUT2D eigenvalue weighted by molar-refractivity contribution is 1.11. The number of benzene rings is 1. The number of halogens is 1. The number of rotatable bonds is 2. The summed E-state index contributed by atoms with van der Waals surface area (Å²) in [4.78, 5) is 8.82. The summed E-state index contributed by atoms with van der Waals surface area (Å²) >= 11 is 0. The van der Waals surface area contributed by atoms with E-state index >= 15 is 0 Å². The summed E-state index contributed by atoms with van der Waals surface area (Å²) < 4.78 is 0. The Bertz CT molecular complexity index is 468. The monoisotopic (exact) mass is 221 g/mol. The first-order valence-electron chi connectivity index (χ1n) is 4.90. The average Bonchev–Trinajstić information content (AvgIpc) is 3.02. The number of aromatic nitrogens is 2. The highest BCUT2D eigenvalue weighted by Crippen LogP contribution is 2.23. The van der Waals surface area contributed by atoms with Crippen LogP contribution in [0.2, 0.25) is 0 Å². The summed E-state index contributed by atoms with van der Waals surface area (Å²) in [5.41, 5.74) is 1.91. The topological polar surface area (TPSA) is 37.8 Å². The van der Waals surface area contributed by atoms with Crippen LogP contribution in [-0.2, 0) is 0 Å². The van der Waals surface area contributed by atoms with E-state index in [1.165, 1.54) is 12.8 Å². The van der Waals surface area contributed by atoms with Crippen LogP contribution < -0.4 is 5.32 Å². The second-order valence-electron chi connectivity index (χ2n) is 3.66. The molecule has 0 radical (unpaired) electrons. The number of nitrogens with one attached hydrogen (secondary N) is 1. The van der Waals surface area contributed by atoms with E-state index in [4.69, 9.17) is 0 Å². The minimum Gasteiger partial charge on any atom is -0.366 e. The minimum atomic E-state index is 0.